The molecule has 3 aromatic carbocycles. The van der Waals surface area contributed by atoms with Gasteiger partial charge in [-0.15, -0.1) is 0 Å². The van der Waals surface area contributed by atoms with Gasteiger partial charge in [-0.1, -0.05) is 23.2 Å². The molecule has 0 aliphatic carbocycles. The van der Waals surface area contributed by atoms with Gasteiger partial charge in [-0.25, -0.2) is 22.0 Å². The van der Waals surface area contributed by atoms with Gasteiger partial charge in [0, 0.05) is 5.02 Å². The second-order valence-corrected chi connectivity index (χ2v) is 6.26. The molecular weight excluding hydrogens is 396 g/mol. The van der Waals surface area contributed by atoms with E-state index >= 15 is 0 Å². The average molecular weight is 404 g/mol. The van der Waals surface area contributed by atoms with Gasteiger partial charge in [0.2, 0.25) is 0 Å². The van der Waals surface area contributed by atoms with Gasteiger partial charge in [-0.3, -0.25) is 0 Å². The van der Waals surface area contributed by atoms with E-state index in [9.17, 15) is 22.0 Å². The van der Waals surface area contributed by atoms with E-state index in [1.807, 2.05) is 0 Å². The third-order valence-corrected chi connectivity index (χ3v) is 4.24. The van der Waals surface area contributed by atoms with Gasteiger partial charge in [-0.2, -0.15) is 0 Å². The molecule has 134 valence electrons. The molecule has 3 rings (SSSR count). The summed E-state index contributed by atoms with van der Waals surface area (Å²) >= 11 is 11.3. The van der Waals surface area contributed by atoms with Crippen LogP contribution in [0.15, 0.2) is 36.4 Å². The summed E-state index contributed by atoms with van der Waals surface area (Å²) in [6, 6.07) is 5.00. The van der Waals surface area contributed by atoms with E-state index in [1.54, 1.807) is 0 Å². The van der Waals surface area contributed by atoms with Gasteiger partial charge in [0.1, 0.15) is 29.1 Å². The minimum absolute atomic E-state index is 0.201. The second-order valence-electron chi connectivity index (χ2n) is 5.41. The smallest absolute Gasteiger partial charge is 0.148 e. The molecule has 2 N–H and O–H groups in total. The van der Waals surface area contributed by atoms with E-state index in [0.29, 0.717) is 0 Å². The summed E-state index contributed by atoms with van der Waals surface area (Å²) in [5.41, 5.74) is 3.17. The van der Waals surface area contributed by atoms with Crippen molar-refractivity contribution in [2.75, 3.05) is 5.73 Å². The molecule has 0 spiro atoms. The molecule has 0 amide bonds. The highest BCUT2D eigenvalue weighted by Gasteiger charge is 2.20. The highest BCUT2D eigenvalue weighted by molar-refractivity contribution is 6.33. The van der Waals surface area contributed by atoms with Crippen molar-refractivity contribution in [3.05, 3.63) is 75.5 Å². The summed E-state index contributed by atoms with van der Waals surface area (Å²) in [7, 11) is 0. The van der Waals surface area contributed by atoms with Crippen LogP contribution in [0.2, 0.25) is 10.0 Å². The highest BCUT2D eigenvalue weighted by Crippen LogP contribution is 2.36. The van der Waals surface area contributed by atoms with Crippen LogP contribution in [0.1, 0.15) is 0 Å². The Kier molecular flexibility index (Phi) is 4.82. The zero-order valence-corrected chi connectivity index (χ0v) is 14.2. The Morgan fingerprint density at radius 1 is 0.577 bits per heavy atom. The van der Waals surface area contributed by atoms with Crippen LogP contribution in [0.4, 0.5) is 27.6 Å². The zero-order chi connectivity index (χ0) is 19.2. The van der Waals surface area contributed by atoms with E-state index in [2.05, 4.69) is 0 Å². The molecule has 0 aliphatic rings. The molecule has 0 atom stereocenters. The van der Waals surface area contributed by atoms with Crippen molar-refractivity contribution in [3.8, 4) is 22.3 Å². The van der Waals surface area contributed by atoms with Crippen LogP contribution in [-0.4, -0.2) is 0 Å². The van der Waals surface area contributed by atoms with E-state index in [4.69, 9.17) is 28.9 Å². The van der Waals surface area contributed by atoms with Crippen molar-refractivity contribution >= 4 is 28.9 Å². The maximum Gasteiger partial charge on any atom is 0.148 e. The van der Waals surface area contributed by atoms with Crippen molar-refractivity contribution < 1.29 is 22.0 Å². The number of hydrogen-bond acceptors (Lipinski definition) is 1. The third-order valence-electron chi connectivity index (χ3n) is 3.71. The fourth-order valence-electron chi connectivity index (χ4n) is 2.54. The Morgan fingerprint density at radius 2 is 0.962 bits per heavy atom. The second kappa shape index (κ2) is 6.78. The molecule has 0 aromatic heterocycles. The third kappa shape index (κ3) is 3.22. The SMILES string of the molecule is Nc1c(F)cc(-c2c(F)cc(-c3c(F)cc(Cl)cc3F)cc2F)cc1Cl. The van der Waals surface area contributed by atoms with E-state index in [-0.39, 0.29) is 26.9 Å². The van der Waals surface area contributed by atoms with Gasteiger partial charge < -0.3 is 5.73 Å². The molecule has 1 nitrogen and oxygen atoms in total. The van der Waals surface area contributed by atoms with Gasteiger partial charge in [0.05, 0.1) is 21.8 Å². The highest BCUT2D eigenvalue weighted by atomic mass is 35.5. The molecule has 0 unspecified atom stereocenters. The quantitative estimate of drug-likeness (QED) is 0.378. The number of anilines is 1. The molecular formula is C18H8Cl2F5N. The van der Waals surface area contributed by atoms with Crippen LogP contribution in [0, 0.1) is 29.1 Å². The standard InChI is InChI=1S/C18H8Cl2F5N/c19-9-5-13(23)17(14(24)6-9)8-2-11(21)16(12(22)3-8)7-1-10(20)18(26)15(25)4-7/h1-6H,26H2. The minimum Gasteiger partial charge on any atom is -0.395 e. The first-order valence-corrected chi connectivity index (χ1v) is 7.83. The molecule has 3 aromatic rings. The summed E-state index contributed by atoms with van der Waals surface area (Å²) in [5, 5.41) is -0.425. The Balaban J connectivity index is 2.20. The molecule has 0 aliphatic heterocycles. The van der Waals surface area contributed by atoms with Gasteiger partial charge >= 0.3 is 0 Å². The number of hydrogen-bond donors (Lipinski definition) is 1. The van der Waals surface area contributed by atoms with Crippen molar-refractivity contribution in [1.29, 1.82) is 0 Å². The predicted octanol–water partition coefficient (Wildman–Crippen LogP) is 6.61. The average Bonchev–Trinajstić information content (AvgIpc) is 2.50. The number of nitrogens with two attached hydrogens (primary N) is 1. The van der Waals surface area contributed by atoms with Gasteiger partial charge in [0.25, 0.3) is 0 Å². The molecule has 8 heteroatoms. The first-order valence-electron chi connectivity index (χ1n) is 7.08. The Morgan fingerprint density at radius 3 is 1.42 bits per heavy atom. The van der Waals surface area contributed by atoms with E-state index in [1.165, 1.54) is 0 Å². The van der Waals surface area contributed by atoms with Gasteiger partial charge in [0.15, 0.2) is 0 Å². The molecule has 0 saturated heterocycles. The summed E-state index contributed by atoms with van der Waals surface area (Å²) < 4.78 is 70.6. The molecule has 0 saturated carbocycles. The fraction of sp³-hybridized carbons (Fsp3) is 0. The zero-order valence-electron chi connectivity index (χ0n) is 12.7. The van der Waals surface area contributed by atoms with Crippen LogP contribution in [0.3, 0.4) is 0 Å². The van der Waals surface area contributed by atoms with Crippen LogP contribution >= 0.6 is 23.2 Å². The first-order chi connectivity index (χ1) is 12.2. The lowest BCUT2D eigenvalue weighted by molar-refractivity contribution is 0.581. The van der Waals surface area contributed by atoms with Crippen molar-refractivity contribution in [2.24, 2.45) is 0 Å². The maximum absolute atomic E-state index is 14.5. The summed E-state index contributed by atoms with van der Waals surface area (Å²) in [5.74, 6) is -5.43. The van der Waals surface area contributed by atoms with Crippen molar-refractivity contribution in [3.63, 3.8) is 0 Å². The minimum atomic E-state index is -1.16. The Hall–Kier alpha value is -2.31. The molecule has 0 bridgehead atoms. The van der Waals surface area contributed by atoms with Gasteiger partial charge in [-0.05, 0) is 47.5 Å². The molecule has 0 heterocycles. The maximum atomic E-state index is 14.5. The molecule has 0 radical (unpaired) electrons. The Bertz CT molecular complexity index is 967. The largest absolute Gasteiger partial charge is 0.395 e. The van der Waals surface area contributed by atoms with Crippen LogP contribution in [-0.2, 0) is 0 Å². The monoisotopic (exact) mass is 403 g/mol. The summed E-state index contributed by atoms with van der Waals surface area (Å²) in [4.78, 5) is 0. The topological polar surface area (TPSA) is 26.0 Å². The van der Waals surface area contributed by atoms with Crippen molar-refractivity contribution in [1.82, 2.24) is 0 Å². The lowest BCUT2D eigenvalue weighted by atomic mass is 9.98. The fourth-order valence-corrected chi connectivity index (χ4v) is 2.94. The number of rotatable bonds is 2. The van der Waals surface area contributed by atoms with Crippen LogP contribution < -0.4 is 5.73 Å². The first kappa shape index (κ1) is 18.5. The van der Waals surface area contributed by atoms with Crippen LogP contribution in [0.25, 0.3) is 22.3 Å². The number of benzene rings is 3. The number of nitrogen functional groups attached to an aromatic ring is 1. The summed E-state index contributed by atoms with van der Waals surface area (Å²) in [6.07, 6.45) is 0. The number of halogens is 7. The van der Waals surface area contributed by atoms with Crippen molar-refractivity contribution in [2.45, 2.75) is 0 Å². The van der Waals surface area contributed by atoms with E-state index in [0.717, 1.165) is 36.4 Å². The lowest BCUT2D eigenvalue weighted by Gasteiger charge is -2.12. The predicted molar refractivity (Wildman–Crippen MR) is 91.5 cm³/mol. The Labute approximate surface area is 154 Å². The van der Waals surface area contributed by atoms with E-state index < -0.39 is 40.2 Å². The molecule has 0 fully saturated rings. The normalized spacial score (nSPS) is 11.0. The lowest BCUT2D eigenvalue weighted by Crippen LogP contribution is -1.98. The van der Waals surface area contributed by atoms with Crippen LogP contribution in [0.5, 0.6) is 0 Å². The molecule has 26 heavy (non-hydrogen) atoms. The summed E-state index contributed by atoms with van der Waals surface area (Å²) in [6.45, 7) is 0.